The van der Waals surface area contributed by atoms with Crippen LogP contribution in [0.4, 0.5) is 5.13 Å². The van der Waals surface area contributed by atoms with E-state index >= 15 is 0 Å². The van der Waals surface area contributed by atoms with Crippen LogP contribution in [-0.4, -0.2) is 94.9 Å². The van der Waals surface area contributed by atoms with Gasteiger partial charge < -0.3 is 35.4 Å². The molecule has 1 unspecified atom stereocenters. The zero-order valence-corrected chi connectivity index (χ0v) is 21.6. The number of thioether (sulfide) groups is 1. The molecule has 2 fully saturated rings. The van der Waals surface area contributed by atoms with Crippen molar-refractivity contribution in [3.05, 3.63) is 34.4 Å². The van der Waals surface area contributed by atoms with Crippen LogP contribution >= 0.6 is 23.1 Å². The summed E-state index contributed by atoms with van der Waals surface area (Å²) in [4.78, 5) is 46.7. The maximum Gasteiger partial charge on any atom is 0.276 e. The molecule has 4 rings (SSSR count). The Morgan fingerprint density at radius 3 is 2.75 bits per heavy atom. The number of nitrogens with one attached hydrogen (secondary N) is 1. The Kier molecular flexibility index (Phi) is 7.83. The van der Waals surface area contributed by atoms with Gasteiger partial charge in [-0.15, -0.1) is 11.3 Å². The van der Waals surface area contributed by atoms with E-state index in [-0.39, 0.29) is 34.0 Å². The van der Waals surface area contributed by atoms with Crippen LogP contribution in [0.3, 0.4) is 0 Å². The second kappa shape index (κ2) is 10.7. The molecule has 0 radical (unpaired) electrons. The molecule has 3 heterocycles. The number of piperidine rings is 1. The molecule has 3 aliphatic rings. The molecular formula is C23H29N5O6S2. The predicted molar refractivity (Wildman–Crippen MR) is 134 cm³/mol. The van der Waals surface area contributed by atoms with Gasteiger partial charge in [0.15, 0.2) is 16.6 Å². The number of likely N-dealkylation sites (N-methyl/N-ethyl adjacent to an activating group) is 1. The number of likely N-dealkylation sites (tertiary alicyclic amines) is 1. The number of carbonyl (C=O) groups excluding carboxylic acids is 3. The number of hydrogen-bond donors (Lipinski definition) is 3. The summed E-state index contributed by atoms with van der Waals surface area (Å²) >= 11 is 2.56. The monoisotopic (exact) mass is 535 g/mol. The first kappa shape index (κ1) is 26.3. The van der Waals surface area contributed by atoms with E-state index in [9.17, 15) is 24.6 Å². The molecule has 13 heteroatoms. The number of hydrogen-bond acceptors (Lipinski definition) is 11. The van der Waals surface area contributed by atoms with Gasteiger partial charge in [-0.25, -0.2) is 4.98 Å². The third-order valence-electron chi connectivity index (χ3n) is 6.90. The topological polar surface area (TPSA) is 167 Å². The number of Topliss-reactive ketones (excluding diaryl/α,β-unsaturated/α-hetero) is 1. The van der Waals surface area contributed by atoms with Crippen molar-refractivity contribution in [2.75, 3.05) is 45.3 Å². The molecule has 1 aliphatic carbocycles. The number of quaternary nitrogens is 1. The minimum atomic E-state index is -1.37. The number of thiazole rings is 1. The molecular weight excluding hydrogens is 506 g/mol. The van der Waals surface area contributed by atoms with E-state index in [0.717, 1.165) is 41.8 Å². The van der Waals surface area contributed by atoms with Gasteiger partial charge in [-0.2, -0.15) is 11.8 Å². The highest BCUT2D eigenvalue weighted by molar-refractivity contribution is 8.00. The van der Waals surface area contributed by atoms with Gasteiger partial charge in [-0.1, -0.05) is 11.2 Å². The van der Waals surface area contributed by atoms with Crippen molar-refractivity contribution >= 4 is 51.6 Å². The highest BCUT2D eigenvalue weighted by atomic mass is 32.2. The molecule has 0 aromatic carbocycles. The zero-order valence-electron chi connectivity index (χ0n) is 20.0. The zero-order chi connectivity index (χ0) is 26.0. The van der Waals surface area contributed by atoms with Crippen LogP contribution in [0.5, 0.6) is 0 Å². The van der Waals surface area contributed by atoms with Crippen LogP contribution in [0.25, 0.3) is 0 Å². The van der Waals surface area contributed by atoms with Crippen LogP contribution in [0.2, 0.25) is 0 Å². The summed E-state index contributed by atoms with van der Waals surface area (Å²) in [6.07, 6.45) is 4.94. The van der Waals surface area contributed by atoms with Gasteiger partial charge in [0.05, 0.1) is 44.7 Å². The maximum absolute atomic E-state index is 13.0. The Morgan fingerprint density at radius 2 is 2.14 bits per heavy atom. The molecule has 4 N–H and O–H groups in total. The van der Waals surface area contributed by atoms with Crippen molar-refractivity contribution in [2.24, 2.45) is 11.1 Å². The van der Waals surface area contributed by atoms with E-state index < -0.39 is 29.1 Å². The lowest BCUT2D eigenvalue weighted by Crippen LogP contribution is -2.66. The Morgan fingerprint density at radius 1 is 1.42 bits per heavy atom. The summed E-state index contributed by atoms with van der Waals surface area (Å²) in [6, 6.07) is -0.866. The molecule has 194 valence electrons. The summed E-state index contributed by atoms with van der Waals surface area (Å²) in [5.74, 6) is -2.89. The molecule has 1 aromatic heterocycles. The second-order valence-corrected chi connectivity index (χ2v) is 11.5. The van der Waals surface area contributed by atoms with E-state index in [1.54, 1.807) is 11.5 Å². The number of rotatable bonds is 8. The van der Waals surface area contributed by atoms with E-state index in [1.165, 1.54) is 18.9 Å². The molecule has 36 heavy (non-hydrogen) atoms. The summed E-state index contributed by atoms with van der Waals surface area (Å²) in [5, 5.41) is 29.5. The van der Waals surface area contributed by atoms with Crippen molar-refractivity contribution in [2.45, 2.75) is 30.2 Å². The summed E-state index contributed by atoms with van der Waals surface area (Å²) in [7, 11) is 3.40. The van der Waals surface area contributed by atoms with E-state index in [2.05, 4.69) is 22.5 Å². The Hall–Kier alpha value is -2.74. The highest BCUT2D eigenvalue weighted by Crippen LogP contribution is 2.45. The number of allylic oxidation sites excluding steroid dienone is 1. The first-order valence-electron chi connectivity index (χ1n) is 11.5. The fourth-order valence-corrected chi connectivity index (χ4v) is 6.84. The van der Waals surface area contributed by atoms with E-state index in [0.29, 0.717) is 17.9 Å². The molecule has 1 amide bonds. The van der Waals surface area contributed by atoms with Crippen molar-refractivity contribution in [1.82, 2.24) is 10.3 Å². The second-order valence-electron chi connectivity index (χ2n) is 9.41. The van der Waals surface area contributed by atoms with Gasteiger partial charge in [0.2, 0.25) is 0 Å². The normalized spacial score (nSPS) is 30.6. The fraction of sp³-hybridized carbons (Fsp3) is 0.522. The fourth-order valence-electron chi connectivity index (χ4n) is 4.81. The number of nitrogen functional groups attached to an aromatic ring is 1. The number of carboxylic acid groups (broad SMARTS) is 1. The van der Waals surface area contributed by atoms with Crippen LogP contribution in [0, 0.1) is 5.92 Å². The molecule has 11 nitrogen and oxygen atoms in total. The van der Waals surface area contributed by atoms with Crippen LogP contribution in [0.15, 0.2) is 33.8 Å². The Balaban J connectivity index is 1.46. The standard InChI is InChI=1S/C23H29N5O6S2/c1-28(8-5-13(29)6-9-28)7-3-4-12-10-35-20-16(15(12)22(32)33)19(30)18(20)26-21(31)17(27-34-2)14-11-36-23(24)25-14/h3-4,11,13,16,18,20,29H,5-10H2,1-2H3,(H3-,24,25,26,31,32,33)/b4-3+,27-17-/t13?,16?,18-,20+,28?/m1/s1. The minimum absolute atomic E-state index is 0.0136. The Labute approximate surface area is 216 Å². The molecule has 3 atom stereocenters. The van der Waals surface area contributed by atoms with Crippen molar-refractivity contribution in [1.29, 1.82) is 0 Å². The maximum atomic E-state index is 13.0. The van der Waals surface area contributed by atoms with Crippen LogP contribution in [0.1, 0.15) is 18.5 Å². The number of carboxylic acids is 1. The number of anilines is 1. The van der Waals surface area contributed by atoms with Crippen molar-refractivity contribution < 1.29 is 33.9 Å². The lowest BCUT2D eigenvalue weighted by Gasteiger charge is -2.47. The molecule has 1 saturated heterocycles. The number of aliphatic carboxylic acids is 1. The average molecular weight is 536 g/mol. The predicted octanol–water partition coefficient (Wildman–Crippen LogP) is -0.921. The summed E-state index contributed by atoms with van der Waals surface area (Å²) < 4.78 is 0.768. The van der Waals surface area contributed by atoms with E-state index in [1.807, 2.05) is 6.08 Å². The van der Waals surface area contributed by atoms with Crippen molar-refractivity contribution in [3.63, 3.8) is 0 Å². The van der Waals surface area contributed by atoms with Gasteiger partial charge in [0.25, 0.3) is 5.91 Å². The van der Waals surface area contributed by atoms with Gasteiger partial charge in [-0.05, 0) is 17.2 Å². The number of oxime groups is 1. The van der Waals surface area contributed by atoms with Crippen LogP contribution in [-0.2, 0) is 19.2 Å². The smallest absolute Gasteiger partial charge is 0.276 e. The highest BCUT2D eigenvalue weighted by Gasteiger charge is 2.55. The number of carbonyl (C=O) groups is 3. The molecule has 0 bridgehead atoms. The summed E-state index contributed by atoms with van der Waals surface area (Å²) in [6.45, 7) is 2.39. The number of fused-ring (bicyclic) bond motifs is 1. The quantitative estimate of drug-likeness (QED) is 0.217. The number of nitrogens with two attached hydrogens (primary N) is 1. The lowest BCUT2D eigenvalue weighted by atomic mass is 9.71. The van der Waals surface area contributed by atoms with Crippen molar-refractivity contribution in [3.8, 4) is 0 Å². The largest absolute Gasteiger partial charge is 0.545 e. The number of ketones is 1. The SMILES string of the molecule is CO/N=C(\C(=O)N[C@@H]1C(=O)C2C(C(=O)[O-])=C(/C=C/C[N+]3(C)CCC(O)CC3)CS[C@@H]21)c1csc(N)n1. The first-order chi connectivity index (χ1) is 17.1. The molecule has 1 aromatic rings. The Bertz CT molecular complexity index is 1140. The minimum Gasteiger partial charge on any atom is -0.545 e. The number of aliphatic hydroxyl groups is 1. The van der Waals surface area contributed by atoms with E-state index in [4.69, 9.17) is 10.6 Å². The number of aromatic nitrogens is 1. The van der Waals surface area contributed by atoms with Gasteiger partial charge in [0.1, 0.15) is 18.8 Å². The average Bonchev–Trinajstić information content (AvgIpc) is 3.28. The number of aliphatic hydroxyl groups excluding tert-OH is 1. The van der Waals surface area contributed by atoms with Gasteiger partial charge in [-0.3, -0.25) is 9.59 Å². The summed E-state index contributed by atoms with van der Waals surface area (Å²) in [5.41, 5.74) is 6.29. The number of amides is 1. The van der Waals surface area contributed by atoms with Gasteiger partial charge in [0, 0.05) is 29.2 Å². The number of nitrogens with zero attached hydrogens (tertiary/aromatic N) is 3. The third-order valence-corrected chi connectivity index (χ3v) is 8.98. The lowest BCUT2D eigenvalue weighted by molar-refractivity contribution is -0.909. The molecule has 2 aliphatic heterocycles. The third kappa shape index (κ3) is 5.33. The van der Waals surface area contributed by atoms with Crippen LogP contribution < -0.4 is 16.2 Å². The first-order valence-corrected chi connectivity index (χ1v) is 13.5. The molecule has 1 saturated carbocycles. The molecule has 0 spiro atoms. The van der Waals surface area contributed by atoms with Gasteiger partial charge >= 0.3 is 0 Å².